The fourth-order valence-corrected chi connectivity index (χ4v) is 2.60. The van der Waals surface area contributed by atoms with Gasteiger partial charge in [-0.2, -0.15) is 11.3 Å². The van der Waals surface area contributed by atoms with Gasteiger partial charge < -0.3 is 16.8 Å². The third-order valence-electron chi connectivity index (χ3n) is 2.68. The summed E-state index contributed by atoms with van der Waals surface area (Å²) < 4.78 is 13.9. The number of nitrogens with two attached hydrogens (primary N) is 2. The van der Waals surface area contributed by atoms with Crippen LogP contribution >= 0.6 is 22.9 Å². The normalized spacial score (nSPS) is 10.6. The molecule has 0 bridgehead atoms. The monoisotopic (exact) mass is 285 g/mol. The summed E-state index contributed by atoms with van der Waals surface area (Å²) in [7, 11) is 0. The van der Waals surface area contributed by atoms with Gasteiger partial charge in [0.1, 0.15) is 5.02 Å². The number of hydrogen-bond acceptors (Lipinski definition) is 4. The van der Waals surface area contributed by atoms with Crippen LogP contribution in [0.1, 0.15) is 11.1 Å². The molecule has 0 radical (unpaired) electrons. The number of benzene rings is 1. The first-order valence-corrected chi connectivity index (χ1v) is 6.61. The van der Waals surface area contributed by atoms with Gasteiger partial charge in [0.15, 0.2) is 5.82 Å². The number of nitrogen functional groups attached to an aromatic ring is 2. The fraction of sp³-hybridized carbons (Fsp3) is 0.167. The summed E-state index contributed by atoms with van der Waals surface area (Å²) in [4.78, 5) is 0. The molecule has 6 heteroatoms. The molecule has 96 valence electrons. The molecule has 0 spiro atoms. The van der Waals surface area contributed by atoms with Crippen LogP contribution in [0.15, 0.2) is 16.8 Å². The Morgan fingerprint density at radius 3 is 2.67 bits per heavy atom. The molecule has 1 heterocycles. The fourth-order valence-electron chi connectivity index (χ4n) is 1.60. The number of halogens is 2. The van der Waals surface area contributed by atoms with Crippen molar-refractivity contribution in [2.24, 2.45) is 0 Å². The summed E-state index contributed by atoms with van der Waals surface area (Å²) in [5.74, 6) is -0.609. The molecule has 2 aromatic rings. The van der Waals surface area contributed by atoms with E-state index in [2.05, 4.69) is 5.32 Å². The lowest BCUT2D eigenvalue weighted by Gasteiger charge is -2.12. The average Bonchev–Trinajstić information content (AvgIpc) is 2.72. The van der Waals surface area contributed by atoms with Crippen LogP contribution in [0.2, 0.25) is 5.02 Å². The van der Waals surface area contributed by atoms with E-state index in [0.29, 0.717) is 6.54 Å². The molecule has 2 rings (SSSR count). The molecule has 18 heavy (non-hydrogen) atoms. The first kappa shape index (κ1) is 13.0. The van der Waals surface area contributed by atoms with Crippen LogP contribution in [-0.4, -0.2) is 0 Å². The lowest BCUT2D eigenvalue weighted by atomic mass is 10.2. The highest BCUT2D eigenvalue weighted by atomic mass is 35.5. The van der Waals surface area contributed by atoms with Gasteiger partial charge in [-0.3, -0.25) is 0 Å². The molecule has 0 amide bonds. The predicted molar refractivity (Wildman–Crippen MR) is 76.6 cm³/mol. The van der Waals surface area contributed by atoms with Crippen LogP contribution in [0, 0.1) is 12.7 Å². The summed E-state index contributed by atoms with van der Waals surface area (Å²) in [6.07, 6.45) is 0. The average molecular weight is 286 g/mol. The third kappa shape index (κ3) is 2.37. The minimum Gasteiger partial charge on any atom is -0.397 e. The minimum atomic E-state index is -0.609. The quantitative estimate of drug-likeness (QED) is 0.755. The van der Waals surface area contributed by atoms with Gasteiger partial charge in [0.05, 0.1) is 17.1 Å². The lowest BCUT2D eigenvalue weighted by molar-refractivity contribution is 0.632. The molecule has 3 nitrogen and oxygen atoms in total. The van der Waals surface area contributed by atoms with Crippen molar-refractivity contribution in [1.82, 2.24) is 0 Å². The minimum absolute atomic E-state index is 0.103. The smallest absolute Gasteiger partial charge is 0.169 e. The van der Waals surface area contributed by atoms with Gasteiger partial charge in [0.25, 0.3) is 0 Å². The Kier molecular flexibility index (Phi) is 3.63. The Balaban J connectivity index is 2.25. The summed E-state index contributed by atoms with van der Waals surface area (Å²) in [6.45, 7) is 2.50. The predicted octanol–water partition coefficient (Wildman–Crippen LogP) is 3.63. The molecule has 0 saturated heterocycles. The lowest BCUT2D eigenvalue weighted by Crippen LogP contribution is -2.06. The zero-order valence-corrected chi connectivity index (χ0v) is 11.3. The van der Waals surface area contributed by atoms with E-state index in [9.17, 15) is 4.39 Å². The van der Waals surface area contributed by atoms with Gasteiger partial charge >= 0.3 is 0 Å². The Bertz CT molecular complexity index is 583. The van der Waals surface area contributed by atoms with Gasteiger partial charge in [0.2, 0.25) is 0 Å². The number of nitrogens with one attached hydrogen (secondary N) is 1. The maximum absolute atomic E-state index is 13.9. The van der Waals surface area contributed by atoms with Gasteiger partial charge in [-0.25, -0.2) is 4.39 Å². The molecule has 0 saturated carbocycles. The second kappa shape index (κ2) is 5.04. The van der Waals surface area contributed by atoms with Gasteiger partial charge in [0, 0.05) is 6.54 Å². The molecule has 1 aromatic heterocycles. The van der Waals surface area contributed by atoms with E-state index in [1.54, 1.807) is 11.3 Å². The van der Waals surface area contributed by atoms with Crippen molar-refractivity contribution in [3.8, 4) is 0 Å². The SMILES string of the molecule is Cc1cscc1CNc1c(N)cc(N)c(Cl)c1F. The molecule has 1 aromatic carbocycles. The molecule has 0 unspecified atom stereocenters. The number of anilines is 3. The third-order valence-corrected chi connectivity index (χ3v) is 3.98. The van der Waals surface area contributed by atoms with Crippen molar-refractivity contribution in [2.45, 2.75) is 13.5 Å². The standard InChI is InChI=1S/C12H13ClFN3S/c1-6-4-18-5-7(6)3-17-12-9(16)2-8(15)10(13)11(12)14/h2,4-5,17H,3,15-16H2,1H3. The van der Waals surface area contributed by atoms with Crippen molar-refractivity contribution in [1.29, 1.82) is 0 Å². The van der Waals surface area contributed by atoms with E-state index in [-0.39, 0.29) is 22.1 Å². The van der Waals surface area contributed by atoms with E-state index in [1.807, 2.05) is 17.7 Å². The van der Waals surface area contributed by atoms with Crippen LogP contribution in [0.4, 0.5) is 21.5 Å². The second-order valence-electron chi connectivity index (χ2n) is 3.99. The van der Waals surface area contributed by atoms with Gasteiger partial charge in [-0.05, 0) is 34.9 Å². The Hall–Kier alpha value is -1.46. The summed E-state index contributed by atoms with van der Waals surface area (Å²) in [5.41, 5.74) is 14.1. The van der Waals surface area contributed by atoms with Crippen molar-refractivity contribution in [3.05, 3.63) is 38.8 Å². The largest absolute Gasteiger partial charge is 0.397 e. The van der Waals surface area contributed by atoms with Crippen LogP contribution in [-0.2, 0) is 6.54 Å². The number of thiophene rings is 1. The van der Waals surface area contributed by atoms with E-state index in [1.165, 1.54) is 6.07 Å². The zero-order valence-electron chi connectivity index (χ0n) is 9.76. The number of hydrogen-bond donors (Lipinski definition) is 3. The summed E-state index contributed by atoms with van der Waals surface area (Å²) in [6, 6.07) is 1.45. The van der Waals surface area contributed by atoms with Crippen molar-refractivity contribution in [2.75, 3.05) is 16.8 Å². The van der Waals surface area contributed by atoms with Crippen LogP contribution in [0.3, 0.4) is 0 Å². The number of rotatable bonds is 3. The van der Waals surface area contributed by atoms with Crippen LogP contribution in [0.5, 0.6) is 0 Å². The van der Waals surface area contributed by atoms with Gasteiger partial charge in [-0.1, -0.05) is 11.6 Å². The summed E-state index contributed by atoms with van der Waals surface area (Å²) >= 11 is 7.36. The topological polar surface area (TPSA) is 64.1 Å². The van der Waals surface area contributed by atoms with E-state index >= 15 is 0 Å². The molecular formula is C12H13ClFN3S. The van der Waals surface area contributed by atoms with E-state index in [4.69, 9.17) is 23.1 Å². The maximum atomic E-state index is 13.9. The number of aryl methyl sites for hydroxylation is 1. The van der Waals surface area contributed by atoms with Crippen molar-refractivity contribution in [3.63, 3.8) is 0 Å². The van der Waals surface area contributed by atoms with E-state index in [0.717, 1.165) is 11.1 Å². The molecule has 0 aliphatic heterocycles. The highest BCUT2D eigenvalue weighted by molar-refractivity contribution is 7.08. The molecule has 5 N–H and O–H groups in total. The zero-order chi connectivity index (χ0) is 13.3. The molecule has 0 aliphatic rings. The van der Waals surface area contributed by atoms with E-state index < -0.39 is 5.82 Å². The highest BCUT2D eigenvalue weighted by Gasteiger charge is 2.14. The van der Waals surface area contributed by atoms with Crippen LogP contribution < -0.4 is 16.8 Å². The molecular weight excluding hydrogens is 273 g/mol. The Morgan fingerprint density at radius 2 is 2.06 bits per heavy atom. The van der Waals surface area contributed by atoms with Crippen LogP contribution in [0.25, 0.3) is 0 Å². The van der Waals surface area contributed by atoms with Crippen molar-refractivity contribution < 1.29 is 4.39 Å². The second-order valence-corrected chi connectivity index (χ2v) is 5.11. The molecule has 0 fully saturated rings. The first-order chi connectivity index (χ1) is 8.50. The first-order valence-electron chi connectivity index (χ1n) is 5.29. The molecule has 0 aliphatic carbocycles. The molecule has 0 atom stereocenters. The van der Waals surface area contributed by atoms with Gasteiger partial charge in [-0.15, -0.1) is 0 Å². The highest BCUT2D eigenvalue weighted by Crippen LogP contribution is 2.34. The maximum Gasteiger partial charge on any atom is 0.169 e. The Morgan fingerprint density at radius 1 is 1.33 bits per heavy atom. The summed E-state index contributed by atoms with van der Waals surface area (Å²) in [5, 5.41) is 6.90. The van der Waals surface area contributed by atoms with Crippen molar-refractivity contribution >= 4 is 40.0 Å². The Labute approximate surface area is 114 Å².